The molecule has 6 heteroatoms. The van der Waals surface area contributed by atoms with Crippen molar-refractivity contribution in [3.8, 4) is 0 Å². The summed E-state index contributed by atoms with van der Waals surface area (Å²) in [5.74, 6) is -0.0336. The average molecular weight is 1360 g/mol. The lowest BCUT2D eigenvalue weighted by atomic mass is 10.0. The van der Waals surface area contributed by atoms with Crippen molar-refractivity contribution in [3.05, 3.63) is 36.5 Å². The van der Waals surface area contributed by atoms with Gasteiger partial charge in [-0.05, 0) is 64.2 Å². The van der Waals surface area contributed by atoms with Gasteiger partial charge in [0.25, 0.3) is 0 Å². The highest BCUT2D eigenvalue weighted by molar-refractivity contribution is 5.76. The molecule has 2 unspecified atom stereocenters. The van der Waals surface area contributed by atoms with Gasteiger partial charge in [-0.1, -0.05) is 468 Å². The van der Waals surface area contributed by atoms with E-state index >= 15 is 0 Å². The number of hydrogen-bond acceptors (Lipinski definition) is 5. The van der Waals surface area contributed by atoms with Gasteiger partial charge in [-0.3, -0.25) is 9.59 Å². The summed E-state index contributed by atoms with van der Waals surface area (Å²) in [4.78, 5) is 24.7. The molecule has 0 radical (unpaired) electrons. The fourth-order valence-electron chi connectivity index (χ4n) is 14.4. The Bertz CT molecular complexity index is 1570. The first-order chi connectivity index (χ1) is 48.0. The SMILES string of the molecule is CCCCCCCCCCCCCCCCCCCCCC/C=C/C(O)C(CO)NC(=O)CCCCCCCCCCCCCCCCCCC/C=C\C/C=C\CCCCCCCCCCCCCCCCCOC(=O)CCCCCCCCCCCCCCCCCCCCC. The molecule has 0 aromatic heterocycles. The van der Waals surface area contributed by atoms with Crippen LogP contribution < -0.4 is 5.32 Å². The Labute approximate surface area is 608 Å². The first-order valence-corrected chi connectivity index (χ1v) is 44.8. The molecular weight excluding hydrogens is 1190 g/mol. The summed E-state index contributed by atoms with van der Waals surface area (Å²) in [6.45, 7) is 4.97. The van der Waals surface area contributed by atoms with Crippen molar-refractivity contribution in [2.75, 3.05) is 13.2 Å². The maximum absolute atomic E-state index is 12.6. The van der Waals surface area contributed by atoms with E-state index in [-0.39, 0.29) is 18.5 Å². The zero-order valence-corrected chi connectivity index (χ0v) is 66.1. The Morgan fingerprint density at radius 1 is 0.289 bits per heavy atom. The number of aliphatic hydroxyl groups is 2. The molecule has 6 nitrogen and oxygen atoms in total. The number of allylic oxidation sites excluding steroid dienone is 5. The number of carbonyl (C=O) groups excluding carboxylic acids is 2. The number of aliphatic hydroxyl groups excluding tert-OH is 2. The summed E-state index contributed by atoms with van der Waals surface area (Å²) >= 11 is 0. The molecule has 0 rings (SSSR count). The van der Waals surface area contributed by atoms with Crippen LogP contribution in [-0.2, 0) is 14.3 Å². The second-order valence-electron chi connectivity index (χ2n) is 30.9. The van der Waals surface area contributed by atoms with Gasteiger partial charge in [0.1, 0.15) is 0 Å². The van der Waals surface area contributed by atoms with Crippen molar-refractivity contribution in [3.63, 3.8) is 0 Å². The van der Waals surface area contributed by atoms with E-state index in [1.807, 2.05) is 6.08 Å². The Morgan fingerprint density at radius 2 is 0.515 bits per heavy atom. The van der Waals surface area contributed by atoms with Crippen molar-refractivity contribution in [2.45, 2.75) is 520 Å². The maximum atomic E-state index is 12.6. The van der Waals surface area contributed by atoms with Crippen LogP contribution in [0.25, 0.3) is 0 Å². The number of nitrogens with one attached hydrogen (secondary N) is 1. The molecule has 2 atom stereocenters. The van der Waals surface area contributed by atoms with Gasteiger partial charge in [0.15, 0.2) is 0 Å². The van der Waals surface area contributed by atoms with E-state index in [4.69, 9.17) is 4.74 Å². The number of unbranched alkanes of at least 4 members (excludes halogenated alkanes) is 70. The molecule has 0 aliphatic heterocycles. The molecule has 0 aliphatic rings. The number of carbonyl (C=O) groups is 2. The van der Waals surface area contributed by atoms with E-state index in [9.17, 15) is 19.8 Å². The highest BCUT2D eigenvalue weighted by atomic mass is 16.5. The van der Waals surface area contributed by atoms with Crippen molar-refractivity contribution in [1.29, 1.82) is 0 Å². The van der Waals surface area contributed by atoms with E-state index in [1.165, 1.54) is 437 Å². The van der Waals surface area contributed by atoms with Gasteiger partial charge in [-0.25, -0.2) is 0 Å². The summed E-state index contributed by atoms with van der Waals surface area (Å²) in [5.41, 5.74) is 0. The quantitative estimate of drug-likeness (QED) is 0.0320. The fraction of sp³-hybridized carbons (Fsp3) is 0.912. The maximum Gasteiger partial charge on any atom is 0.305 e. The Balaban J connectivity index is 3.36. The minimum Gasteiger partial charge on any atom is -0.466 e. The monoisotopic (exact) mass is 1360 g/mol. The second kappa shape index (κ2) is 86.5. The average Bonchev–Trinajstić information content (AvgIpc) is 3.42. The number of rotatable bonds is 85. The molecule has 3 N–H and O–H groups in total. The van der Waals surface area contributed by atoms with Crippen molar-refractivity contribution >= 4 is 11.9 Å². The first kappa shape index (κ1) is 95.1. The van der Waals surface area contributed by atoms with E-state index in [0.29, 0.717) is 19.4 Å². The molecule has 0 saturated heterocycles. The smallest absolute Gasteiger partial charge is 0.305 e. The van der Waals surface area contributed by atoms with Crippen LogP contribution >= 0.6 is 0 Å². The van der Waals surface area contributed by atoms with Crippen LogP contribution in [0.1, 0.15) is 508 Å². The largest absolute Gasteiger partial charge is 0.466 e. The molecule has 0 bridgehead atoms. The summed E-state index contributed by atoms with van der Waals surface area (Å²) in [6, 6.07) is -0.627. The first-order valence-electron chi connectivity index (χ1n) is 44.8. The van der Waals surface area contributed by atoms with Crippen LogP contribution in [-0.4, -0.2) is 47.4 Å². The second-order valence-corrected chi connectivity index (χ2v) is 30.9. The van der Waals surface area contributed by atoms with Gasteiger partial charge in [0.05, 0.1) is 25.4 Å². The molecule has 0 fully saturated rings. The lowest BCUT2D eigenvalue weighted by molar-refractivity contribution is -0.143. The van der Waals surface area contributed by atoms with Gasteiger partial charge in [0, 0.05) is 12.8 Å². The molecule has 0 spiro atoms. The van der Waals surface area contributed by atoms with Gasteiger partial charge in [-0.2, -0.15) is 0 Å². The predicted octanol–water partition coefficient (Wildman–Crippen LogP) is 30.1. The molecule has 574 valence electrons. The zero-order valence-electron chi connectivity index (χ0n) is 66.1. The number of esters is 1. The standard InChI is InChI=1S/C91H175NO5/c1-3-5-7-9-11-13-15-17-19-21-23-24-44-48-51-55-59-63-67-71-75-79-83-89(94)88(87-93)92-90(95)84-80-76-72-68-64-60-56-52-49-45-42-40-38-36-34-32-30-28-26-25-27-29-31-33-35-37-39-41-43-46-50-54-58-62-66-70-74-78-82-86-97-91(96)85-81-77-73-69-65-61-57-53-47-22-20-18-16-14-12-10-8-6-4-2/h25-26,29,31,79,83,88-89,93-94H,3-24,27-28,30,32-78,80-82,84-87H2,1-2H3,(H,92,95)/b26-25-,31-29-,83-79+. The zero-order chi connectivity index (χ0) is 69.8. The van der Waals surface area contributed by atoms with Crippen LogP contribution in [0.4, 0.5) is 0 Å². The van der Waals surface area contributed by atoms with Crippen molar-refractivity contribution in [2.24, 2.45) is 0 Å². The number of ether oxygens (including phenoxy) is 1. The third kappa shape index (κ3) is 82.9. The summed E-state index contributed by atoms with van der Waals surface area (Å²) in [5, 5.41) is 23.3. The van der Waals surface area contributed by atoms with Crippen LogP contribution in [0.3, 0.4) is 0 Å². The Hall–Kier alpha value is -1.92. The fourth-order valence-corrected chi connectivity index (χ4v) is 14.4. The molecular formula is C91H175NO5. The molecule has 0 aromatic rings. The molecule has 0 heterocycles. The van der Waals surface area contributed by atoms with E-state index < -0.39 is 12.1 Å². The minimum absolute atomic E-state index is 0.0261. The lowest BCUT2D eigenvalue weighted by Gasteiger charge is -2.20. The number of hydrogen-bond donors (Lipinski definition) is 3. The minimum atomic E-state index is -0.844. The molecule has 0 aliphatic carbocycles. The lowest BCUT2D eigenvalue weighted by Crippen LogP contribution is -2.45. The normalized spacial score (nSPS) is 12.6. The van der Waals surface area contributed by atoms with E-state index in [1.54, 1.807) is 6.08 Å². The van der Waals surface area contributed by atoms with Gasteiger partial charge in [0.2, 0.25) is 5.91 Å². The summed E-state index contributed by atoms with van der Waals surface area (Å²) in [6.07, 6.45) is 115. The van der Waals surface area contributed by atoms with E-state index in [0.717, 1.165) is 44.9 Å². The molecule has 0 saturated carbocycles. The molecule has 0 aromatic carbocycles. The highest BCUT2D eigenvalue weighted by Crippen LogP contribution is 2.21. The number of amides is 1. The van der Waals surface area contributed by atoms with Crippen LogP contribution in [0.5, 0.6) is 0 Å². The van der Waals surface area contributed by atoms with Crippen molar-refractivity contribution in [1.82, 2.24) is 5.32 Å². The Kier molecular flexibility index (Phi) is 84.8. The van der Waals surface area contributed by atoms with Gasteiger partial charge < -0.3 is 20.3 Å². The predicted molar refractivity (Wildman–Crippen MR) is 430 cm³/mol. The van der Waals surface area contributed by atoms with Gasteiger partial charge >= 0.3 is 5.97 Å². The van der Waals surface area contributed by atoms with Crippen LogP contribution in [0.15, 0.2) is 36.5 Å². The van der Waals surface area contributed by atoms with Crippen molar-refractivity contribution < 1.29 is 24.5 Å². The summed E-state index contributed by atoms with van der Waals surface area (Å²) < 4.78 is 5.53. The molecule has 97 heavy (non-hydrogen) atoms. The highest BCUT2D eigenvalue weighted by Gasteiger charge is 2.18. The van der Waals surface area contributed by atoms with E-state index in [2.05, 4.69) is 43.5 Å². The van der Waals surface area contributed by atoms with Gasteiger partial charge in [-0.15, -0.1) is 0 Å². The summed E-state index contributed by atoms with van der Waals surface area (Å²) in [7, 11) is 0. The van der Waals surface area contributed by atoms with Crippen LogP contribution in [0.2, 0.25) is 0 Å². The topological polar surface area (TPSA) is 95.9 Å². The molecule has 1 amide bonds. The Morgan fingerprint density at radius 3 is 0.784 bits per heavy atom. The van der Waals surface area contributed by atoms with Crippen LogP contribution in [0, 0.1) is 0 Å². The third-order valence-corrected chi connectivity index (χ3v) is 21.2. The third-order valence-electron chi connectivity index (χ3n) is 21.2.